The van der Waals surface area contributed by atoms with Gasteiger partial charge in [0.1, 0.15) is 10.6 Å². The first-order valence-corrected chi connectivity index (χ1v) is 7.61. The fraction of sp³-hybridized carbons (Fsp3) is 0.0769. The molecule has 8 heteroatoms. The lowest BCUT2D eigenvalue weighted by Gasteiger charge is -2.10. The molecule has 21 heavy (non-hydrogen) atoms. The van der Waals surface area contributed by atoms with Crippen LogP contribution in [-0.2, 0) is 0 Å². The lowest BCUT2D eigenvalue weighted by atomic mass is 10.3. The number of fused-ring (bicyclic) bond motifs is 1. The highest BCUT2D eigenvalue weighted by Gasteiger charge is 2.12. The third kappa shape index (κ3) is 2.89. The molecule has 5 nitrogen and oxygen atoms in total. The third-order valence-electron chi connectivity index (χ3n) is 2.83. The van der Waals surface area contributed by atoms with E-state index in [1.54, 1.807) is 29.5 Å². The quantitative estimate of drug-likeness (QED) is 0.489. The molecule has 0 saturated heterocycles. The van der Waals surface area contributed by atoms with Gasteiger partial charge >= 0.3 is 0 Å². The molecule has 1 aromatic carbocycles. The number of hydrazine groups is 1. The van der Waals surface area contributed by atoms with Crippen molar-refractivity contribution in [2.24, 2.45) is 5.84 Å². The number of hydrogen-bond acceptors (Lipinski definition) is 6. The smallest absolute Gasteiger partial charge is 0.240 e. The van der Waals surface area contributed by atoms with Crippen molar-refractivity contribution >= 4 is 62.2 Å². The lowest BCUT2D eigenvalue weighted by Crippen LogP contribution is -2.11. The van der Waals surface area contributed by atoms with E-state index in [4.69, 9.17) is 29.0 Å². The van der Waals surface area contributed by atoms with Gasteiger partial charge < -0.3 is 5.32 Å². The predicted molar refractivity (Wildman–Crippen MR) is 89.7 cm³/mol. The fourth-order valence-corrected chi connectivity index (χ4v) is 3.26. The number of nitrogens with one attached hydrogen (secondary N) is 2. The molecule has 108 valence electrons. The number of nitrogens with zero attached hydrogens (tertiary/aromatic N) is 2. The van der Waals surface area contributed by atoms with E-state index < -0.39 is 0 Å². The van der Waals surface area contributed by atoms with Crippen molar-refractivity contribution in [3.05, 3.63) is 39.2 Å². The van der Waals surface area contributed by atoms with Crippen LogP contribution in [0.4, 0.5) is 17.5 Å². The number of nitrogens with two attached hydrogens (primary N) is 1. The summed E-state index contributed by atoms with van der Waals surface area (Å²) < 4.78 is 0. The Labute approximate surface area is 135 Å². The van der Waals surface area contributed by atoms with Crippen molar-refractivity contribution in [2.45, 2.75) is 6.92 Å². The minimum Gasteiger partial charge on any atom is -0.338 e. The standard InChI is InChI=1S/C13H11Cl2N5S/c1-6-4-8-11(18-13(20-16)19-12(8)21-6)17-10-3-2-7(14)5-9(10)15/h2-5H,16H2,1H3,(H2,17,18,19,20). The largest absolute Gasteiger partial charge is 0.338 e. The Bertz CT molecular complexity index is 818. The Balaban J connectivity index is 2.10. The van der Waals surface area contributed by atoms with Gasteiger partial charge in [0.05, 0.1) is 16.1 Å². The van der Waals surface area contributed by atoms with Crippen molar-refractivity contribution in [3.8, 4) is 0 Å². The summed E-state index contributed by atoms with van der Waals surface area (Å²) in [5.41, 5.74) is 3.18. The molecule has 2 aromatic heterocycles. The van der Waals surface area contributed by atoms with E-state index in [2.05, 4.69) is 20.7 Å². The van der Waals surface area contributed by atoms with Crippen LogP contribution >= 0.6 is 34.5 Å². The maximum Gasteiger partial charge on any atom is 0.240 e. The van der Waals surface area contributed by atoms with Crippen LogP contribution in [0.5, 0.6) is 0 Å². The van der Waals surface area contributed by atoms with E-state index in [1.807, 2.05) is 13.0 Å². The number of benzene rings is 1. The summed E-state index contributed by atoms with van der Waals surface area (Å²) >= 11 is 13.7. The minimum absolute atomic E-state index is 0.344. The summed E-state index contributed by atoms with van der Waals surface area (Å²) in [6.45, 7) is 2.01. The zero-order valence-electron chi connectivity index (χ0n) is 10.9. The number of rotatable bonds is 3. The molecule has 3 aromatic rings. The normalized spacial score (nSPS) is 10.9. The second-order valence-corrected chi connectivity index (χ2v) is 6.44. The molecule has 0 amide bonds. The van der Waals surface area contributed by atoms with E-state index in [-0.39, 0.29) is 0 Å². The van der Waals surface area contributed by atoms with Gasteiger partial charge in [-0.25, -0.2) is 10.8 Å². The van der Waals surface area contributed by atoms with Crippen LogP contribution in [0, 0.1) is 6.92 Å². The van der Waals surface area contributed by atoms with Gasteiger partial charge in [-0.1, -0.05) is 23.2 Å². The second-order valence-electron chi connectivity index (χ2n) is 4.37. The average molecular weight is 340 g/mol. The van der Waals surface area contributed by atoms with E-state index in [0.717, 1.165) is 15.1 Å². The molecular weight excluding hydrogens is 329 g/mol. The average Bonchev–Trinajstić information content (AvgIpc) is 2.82. The summed E-state index contributed by atoms with van der Waals surface area (Å²) in [5, 5.41) is 5.21. The van der Waals surface area contributed by atoms with Crippen LogP contribution in [0.2, 0.25) is 10.0 Å². The number of aromatic nitrogens is 2. The summed E-state index contributed by atoms with van der Waals surface area (Å²) in [5.74, 6) is 6.40. The molecule has 2 heterocycles. The molecule has 0 radical (unpaired) electrons. The van der Waals surface area contributed by atoms with E-state index >= 15 is 0 Å². The van der Waals surface area contributed by atoms with Crippen LogP contribution in [0.15, 0.2) is 24.3 Å². The van der Waals surface area contributed by atoms with Crippen LogP contribution in [-0.4, -0.2) is 9.97 Å². The first kappa shape index (κ1) is 14.3. The summed E-state index contributed by atoms with van der Waals surface area (Å²) in [6.07, 6.45) is 0. The number of anilines is 3. The lowest BCUT2D eigenvalue weighted by molar-refractivity contribution is 1.16. The highest BCUT2D eigenvalue weighted by Crippen LogP contribution is 2.33. The van der Waals surface area contributed by atoms with Gasteiger partial charge in [-0.15, -0.1) is 11.3 Å². The van der Waals surface area contributed by atoms with E-state index in [9.17, 15) is 0 Å². The first-order valence-electron chi connectivity index (χ1n) is 6.03. The molecule has 0 atom stereocenters. The summed E-state index contributed by atoms with van der Waals surface area (Å²) in [7, 11) is 0. The minimum atomic E-state index is 0.344. The zero-order valence-corrected chi connectivity index (χ0v) is 13.3. The van der Waals surface area contributed by atoms with Gasteiger partial charge in [0.25, 0.3) is 0 Å². The molecule has 0 aliphatic rings. The van der Waals surface area contributed by atoms with Gasteiger partial charge in [-0.2, -0.15) is 4.98 Å². The third-order valence-corrected chi connectivity index (χ3v) is 4.32. The molecular formula is C13H11Cl2N5S. The van der Waals surface area contributed by atoms with Gasteiger partial charge in [0.2, 0.25) is 5.95 Å². The summed E-state index contributed by atoms with van der Waals surface area (Å²) in [6, 6.07) is 7.25. The van der Waals surface area contributed by atoms with Gasteiger partial charge in [0, 0.05) is 9.90 Å². The molecule has 0 saturated carbocycles. The second kappa shape index (κ2) is 5.65. The Morgan fingerprint density at radius 1 is 1.19 bits per heavy atom. The van der Waals surface area contributed by atoms with E-state index in [1.165, 1.54) is 0 Å². The maximum absolute atomic E-state index is 6.18. The number of aryl methyl sites for hydroxylation is 1. The van der Waals surface area contributed by atoms with Gasteiger partial charge in [0.15, 0.2) is 0 Å². The van der Waals surface area contributed by atoms with Crippen molar-refractivity contribution in [2.75, 3.05) is 10.7 Å². The SMILES string of the molecule is Cc1cc2c(Nc3ccc(Cl)cc3Cl)nc(NN)nc2s1. The molecule has 3 rings (SSSR count). The number of hydrogen-bond donors (Lipinski definition) is 3. The predicted octanol–water partition coefficient (Wildman–Crippen LogP) is 4.34. The first-order chi connectivity index (χ1) is 10.1. The molecule has 0 bridgehead atoms. The maximum atomic E-state index is 6.18. The van der Waals surface area contributed by atoms with Crippen molar-refractivity contribution in [1.29, 1.82) is 0 Å². The molecule has 0 aliphatic heterocycles. The highest BCUT2D eigenvalue weighted by molar-refractivity contribution is 7.18. The summed E-state index contributed by atoms with van der Waals surface area (Å²) in [4.78, 5) is 10.7. The topological polar surface area (TPSA) is 75.9 Å². The molecule has 0 unspecified atom stereocenters. The number of thiophene rings is 1. The van der Waals surface area contributed by atoms with E-state index in [0.29, 0.717) is 27.5 Å². The Hall–Kier alpha value is -1.60. The highest BCUT2D eigenvalue weighted by atomic mass is 35.5. The van der Waals surface area contributed by atoms with Crippen LogP contribution in [0.3, 0.4) is 0 Å². The van der Waals surface area contributed by atoms with Crippen LogP contribution in [0.25, 0.3) is 10.2 Å². The van der Waals surface area contributed by atoms with Crippen molar-refractivity contribution in [3.63, 3.8) is 0 Å². The monoisotopic (exact) mass is 339 g/mol. The fourth-order valence-electron chi connectivity index (χ4n) is 1.92. The van der Waals surface area contributed by atoms with Crippen molar-refractivity contribution in [1.82, 2.24) is 9.97 Å². The van der Waals surface area contributed by atoms with Crippen LogP contribution < -0.4 is 16.6 Å². The Morgan fingerprint density at radius 3 is 2.71 bits per heavy atom. The van der Waals surface area contributed by atoms with Crippen LogP contribution in [0.1, 0.15) is 4.88 Å². The molecule has 0 spiro atoms. The van der Waals surface area contributed by atoms with Gasteiger partial charge in [-0.3, -0.25) is 5.43 Å². The Morgan fingerprint density at radius 2 is 2.00 bits per heavy atom. The Kier molecular flexibility index (Phi) is 3.86. The van der Waals surface area contributed by atoms with Gasteiger partial charge in [-0.05, 0) is 31.2 Å². The molecule has 4 N–H and O–H groups in total. The molecule has 0 aliphatic carbocycles. The van der Waals surface area contributed by atoms with Crippen molar-refractivity contribution < 1.29 is 0 Å². The number of halogens is 2. The number of nitrogen functional groups attached to an aromatic ring is 1. The molecule has 0 fully saturated rings. The zero-order chi connectivity index (χ0) is 15.0.